The van der Waals surface area contributed by atoms with Crippen LogP contribution in [0.5, 0.6) is 11.5 Å². The molecule has 0 aliphatic carbocycles. The summed E-state index contributed by atoms with van der Waals surface area (Å²) in [5.74, 6) is 1.30. The Balaban J connectivity index is 1.59. The third-order valence-corrected chi connectivity index (χ3v) is 4.40. The zero-order chi connectivity index (χ0) is 17.6. The van der Waals surface area contributed by atoms with Gasteiger partial charge in [-0.2, -0.15) is 0 Å². The van der Waals surface area contributed by atoms with Gasteiger partial charge in [0.2, 0.25) is 5.91 Å². The molecule has 1 aliphatic rings. The highest BCUT2D eigenvalue weighted by Crippen LogP contribution is 2.29. The van der Waals surface area contributed by atoms with Crippen LogP contribution in [0.2, 0.25) is 5.02 Å². The van der Waals surface area contributed by atoms with E-state index < -0.39 is 6.10 Å². The second-order valence-electron chi connectivity index (χ2n) is 5.89. The number of rotatable bonds is 5. The van der Waals surface area contributed by atoms with Crippen molar-refractivity contribution in [3.63, 3.8) is 0 Å². The summed E-state index contributed by atoms with van der Waals surface area (Å²) in [7, 11) is 1.63. The first kappa shape index (κ1) is 17.7. The third kappa shape index (κ3) is 4.72. The van der Waals surface area contributed by atoms with Crippen LogP contribution in [-0.4, -0.2) is 43.7 Å². The quantitative estimate of drug-likeness (QED) is 0.890. The first-order valence-corrected chi connectivity index (χ1v) is 8.60. The zero-order valence-corrected chi connectivity index (χ0v) is 14.8. The molecule has 0 unspecified atom stereocenters. The van der Waals surface area contributed by atoms with Gasteiger partial charge in [-0.3, -0.25) is 9.69 Å². The van der Waals surface area contributed by atoms with Gasteiger partial charge in [0.05, 0.1) is 11.6 Å². The van der Waals surface area contributed by atoms with E-state index in [4.69, 9.17) is 21.1 Å². The predicted molar refractivity (Wildman–Crippen MR) is 97.1 cm³/mol. The van der Waals surface area contributed by atoms with Crippen LogP contribution < -0.4 is 10.1 Å². The lowest BCUT2D eigenvalue weighted by molar-refractivity contribution is -0.138. The number of benzene rings is 2. The Morgan fingerprint density at radius 2 is 2.04 bits per heavy atom. The van der Waals surface area contributed by atoms with Gasteiger partial charge in [-0.05, 0) is 29.8 Å². The second-order valence-corrected chi connectivity index (χ2v) is 6.29. The Labute approximate surface area is 152 Å². The average Bonchev–Trinajstić information content (AvgIpc) is 2.65. The number of ether oxygens (including phenoxy) is 2. The van der Waals surface area contributed by atoms with Crippen LogP contribution >= 0.6 is 11.6 Å². The van der Waals surface area contributed by atoms with Gasteiger partial charge in [-0.1, -0.05) is 35.9 Å². The maximum absolute atomic E-state index is 11.7. The Bertz CT molecular complexity index is 721. The minimum absolute atomic E-state index is 0.0758. The van der Waals surface area contributed by atoms with Crippen LogP contribution in [0.3, 0.4) is 0 Å². The van der Waals surface area contributed by atoms with Crippen molar-refractivity contribution in [3.8, 4) is 11.5 Å². The molecule has 2 aromatic carbocycles. The molecule has 1 amide bonds. The number of nitrogens with zero attached hydrogens (tertiary/aromatic N) is 1. The molecule has 1 aliphatic heterocycles. The van der Waals surface area contributed by atoms with Crippen molar-refractivity contribution in [2.45, 2.75) is 12.6 Å². The van der Waals surface area contributed by atoms with E-state index in [1.54, 1.807) is 13.1 Å². The van der Waals surface area contributed by atoms with E-state index in [0.717, 1.165) is 24.4 Å². The second kappa shape index (κ2) is 8.34. The number of likely N-dealkylation sites (N-methyl/N-ethyl adjacent to an activating group) is 1. The minimum Gasteiger partial charge on any atom is -0.456 e. The number of para-hydroxylation sites is 1. The molecule has 5 nitrogen and oxygen atoms in total. The summed E-state index contributed by atoms with van der Waals surface area (Å²) in [6, 6.07) is 15.3. The van der Waals surface area contributed by atoms with E-state index in [0.29, 0.717) is 23.9 Å². The van der Waals surface area contributed by atoms with E-state index >= 15 is 0 Å². The monoisotopic (exact) mass is 360 g/mol. The highest BCUT2D eigenvalue weighted by atomic mass is 35.5. The van der Waals surface area contributed by atoms with Gasteiger partial charge < -0.3 is 14.8 Å². The first-order chi connectivity index (χ1) is 12.2. The largest absolute Gasteiger partial charge is 0.456 e. The molecule has 2 aromatic rings. The van der Waals surface area contributed by atoms with Gasteiger partial charge in [0, 0.05) is 26.7 Å². The molecule has 1 N–H and O–H groups in total. The summed E-state index contributed by atoms with van der Waals surface area (Å²) in [6.07, 6.45) is -0.401. The van der Waals surface area contributed by atoms with Crippen molar-refractivity contribution in [2.24, 2.45) is 0 Å². The first-order valence-electron chi connectivity index (χ1n) is 8.22. The fourth-order valence-corrected chi connectivity index (χ4v) is 2.92. The zero-order valence-electron chi connectivity index (χ0n) is 14.1. The van der Waals surface area contributed by atoms with Gasteiger partial charge in [0.15, 0.2) is 0 Å². The standard InChI is InChI=1S/C19H21ClN2O3/c1-21-19(23)18-13-22(10-11-24-18)12-14-6-8-15(9-7-14)25-17-5-3-2-4-16(17)20/h2-9,18H,10-13H2,1H3,(H,21,23)/t18-/m0/s1. The SMILES string of the molecule is CNC(=O)[C@@H]1CN(Cc2ccc(Oc3ccccc3Cl)cc2)CCO1. The van der Waals surface area contributed by atoms with Crippen molar-refractivity contribution < 1.29 is 14.3 Å². The van der Waals surface area contributed by atoms with E-state index in [1.807, 2.05) is 42.5 Å². The lowest BCUT2D eigenvalue weighted by atomic mass is 10.1. The third-order valence-electron chi connectivity index (χ3n) is 4.08. The van der Waals surface area contributed by atoms with Crippen molar-refractivity contribution in [1.82, 2.24) is 10.2 Å². The number of carbonyl (C=O) groups excluding carboxylic acids is 1. The normalized spacial score (nSPS) is 17.9. The van der Waals surface area contributed by atoms with Crippen molar-refractivity contribution in [1.29, 1.82) is 0 Å². The van der Waals surface area contributed by atoms with Gasteiger partial charge in [0.1, 0.15) is 17.6 Å². The van der Waals surface area contributed by atoms with Crippen LogP contribution in [0.1, 0.15) is 5.56 Å². The van der Waals surface area contributed by atoms with Crippen molar-refractivity contribution in [3.05, 3.63) is 59.1 Å². The number of morpholine rings is 1. The fraction of sp³-hybridized carbons (Fsp3) is 0.316. The molecule has 1 atom stereocenters. The molecule has 1 fully saturated rings. The lowest BCUT2D eigenvalue weighted by Crippen LogP contribution is -2.48. The maximum atomic E-state index is 11.7. The minimum atomic E-state index is -0.401. The van der Waals surface area contributed by atoms with E-state index in [-0.39, 0.29) is 5.91 Å². The molecule has 0 spiro atoms. The lowest BCUT2D eigenvalue weighted by Gasteiger charge is -2.31. The molecule has 0 radical (unpaired) electrons. The number of carbonyl (C=O) groups is 1. The van der Waals surface area contributed by atoms with Crippen LogP contribution in [0.15, 0.2) is 48.5 Å². The number of nitrogens with one attached hydrogen (secondary N) is 1. The molecule has 1 heterocycles. The highest BCUT2D eigenvalue weighted by Gasteiger charge is 2.25. The number of hydrogen-bond donors (Lipinski definition) is 1. The topological polar surface area (TPSA) is 50.8 Å². The summed E-state index contributed by atoms with van der Waals surface area (Å²) < 4.78 is 11.3. The fourth-order valence-electron chi connectivity index (χ4n) is 2.74. The predicted octanol–water partition coefficient (Wildman–Crippen LogP) is 3.08. The molecule has 0 bridgehead atoms. The smallest absolute Gasteiger partial charge is 0.250 e. The van der Waals surface area contributed by atoms with Crippen molar-refractivity contribution >= 4 is 17.5 Å². The average molecular weight is 361 g/mol. The maximum Gasteiger partial charge on any atom is 0.250 e. The van der Waals surface area contributed by atoms with Crippen LogP contribution in [0.25, 0.3) is 0 Å². The molecular weight excluding hydrogens is 340 g/mol. The van der Waals surface area contributed by atoms with Crippen LogP contribution in [-0.2, 0) is 16.1 Å². The Morgan fingerprint density at radius 3 is 2.76 bits per heavy atom. The van der Waals surface area contributed by atoms with E-state index in [1.165, 1.54) is 0 Å². The summed E-state index contributed by atoms with van der Waals surface area (Å²) in [5.41, 5.74) is 1.16. The van der Waals surface area contributed by atoms with Crippen molar-refractivity contribution in [2.75, 3.05) is 26.7 Å². The number of halogens is 1. The molecule has 0 saturated carbocycles. The summed E-state index contributed by atoms with van der Waals surface area (Å²) in [5, 5.41) is 3.22. The highest BCUT2D eigenvalue weighted by molar-refractivity contribution is 6.32. The molecular formula is C19H21ClN2O3. The van der Waals surface area contributed by atoms with Crippen LogP contribution in [0.4, 0.5) is 0 Å². The molecule has 3 rings (SSSR count). The molecule has 132 valence electrons. The number of hydrogen-bond acceptors (Lipinski definition) is 4. The van der Waals surface area contributed by atoms with Crippen LogP contribution in [0, 0.1) is 0 Å². The van der Waals surface area contributed by atoms with E-state index in [9.17, 15) is 4.79 Å². The van der Waals surface area contributed by atoms with Gasteiger partial charge in [-0.25, -0.2) is 0 Å². The Hall–Kier alpha value is -2.08. The van der Waals surface area contributed by atoms with Gasteiger partial charge in [-0.15, -0.1) is 0 Å². The van der Waals surface area contributed by atoms with Gasteiger partial charge >= 0.3 is 0 Å². The summed E-state index contributed by atoms with van der Waals surface area (Å²) in [6.45, 7) is 2.73. The molecule has 0 aromatic heterocycles. The molecule has 25 heavy (non-hydrogen) atoms. The number of amides is 1. The van der Waals surface area contributed by atoms with Gasteiger partial charge in [0.25, 0.3) is 0 Å². The molecule has 1 saturated heterocycles. The summed E-state index contributed by atoms with van der Waals surface area (Å²) in [4.78, 5) is 13.9. The van der Waals surface area contributed by atoms with E-state index in [2.05, 4.69) is 10.2 Å². The summed E-state index contributed by atoms with van der Waals surface area (Å²) >= 11 is 6.11. The molecule has 6 heteroatoms. The Kier molecular flexibility index (Phi) is 5.91. The Morgan fingerprint density at radius 1 is 1.28 bits per heavy atom.